The van der Waals surface area contributed by atoms with E-state index in [4.69, 9.17) is 9.47 Å². The molecule has 4 heteroatoms. The van der Waals surface area contributed by atoms with Gasteiger partial charge in [0.25, 0.3) is 0 Å². The molecule has 104 valence electrons. The van der Waals surface area contributed by atoms with Crippen LogP contribution in [-0.4, -0.2) is 13.1 Å². The van der Waals surface area contributed by atoms with Crippen LogP contribution in [0, 0.1) is 13.8 Å². The minimum absolute atomic E-state index is 0.414. The molecule has 0 bridgehead atoms. The van der Waals surface area contributed by atoms with Crippen LogP contribution >= 0.6 is 15.9 Å². The number of carbonyl (C=O) groups excluding carboxylic acids is 1. The molecule has 0 N–H and O–H groups in total. The van der Waals surface area contributed by atoms with Crippen molar-refractivity contribution < 1.29 is 14.3 Å². The highest BCUT2D eigenvalue weighted by Crippen LogP contribution is 2.29. The van der Waals surface area contributed by atoms with Gasteiger partial charge in [0.2, 0.25) is 0 Å². The van der Waals surface area contributed by atoms with Gasteiger partial charge in [0, 0.05) is 4.47 Å². The Bertz CT molecular complexity index is 627. The molecule has 20 heavy (non-hydrogen) atoms. The summed E-state index contributed by atoms with van der Waals surface area (Å²) in [4.78, 5) is 12.3. The number of esters is 1. The van der Waals surface area contributed by atoms with E-state index in [2.05, 4.69) is 15.9 Å². The molecule has 2 aromatic rings. The zero-order valence-corrected chi connectivity index (χ0v) is 13.2. The Kier molecular flexibility index (Phi) is 4.45. The van der Waals surface area contributed by atoms with E-state index in [9.17, 15) is 4.79 Å². The molecule has 0 saturated heterocycles. The predicted molar refractivity (Wildman–Crippen MR) is 81.6 cm³/mol. The van der Waals surface area contributed by atoms with Crippen LogP contribution in [0.15, 0.2) is 40.9 Å². The fourth-order valence-electron chi connectivity index (χ4n) is 2.02. The van der Waals surface area contributed by atoms with Crippen molar-refractivity contribution in [3.8, 4) is 11.5 Å². The Hall–Kier alpha value is -1.81. The number of aryl methyl sites for hydroxylation is 2. The molecule has 0 amide bonds. The van der Waals surface area contributed by atoms with E-state index in [1.807, 2.05) is 32.0 Å². The molecule has 0 spiro atoms. The first-order valence-electron chi connectivity index (χ1n) is 6.15. The van der Waals surface area contributed by atoms with E-state index in [0.717, 1.165) is 15.6 Å². The molecule has 0 aliphatic heterocycles. The number of methoxy groups -OCH3 is 1. The Labute approximate surface area is 126 Å². The first kappa shape index (κ1) is 14.6. The first-order valence-corrected chi connectivity index (χ1v) is 6.94. The van der Waals surface area contributed by atoms with Crippen molar-refractivity contribution in [2.24, 2.45) is 0 Å². The summed E-state index contributed by atoms with van der Waals surface area (Å²) in [6.07, 6.45) is 0. The van der Waals surface area contributed by atoms with Gasteiger partial charge in [0.15, 0.2) is 0 Å². The molecule has 0 unspecified atom stereocenters. The lowest BCUT2D eigenvalue weighted by atomic mass is 10.1. The maximum Gasteiger partial charge on any atom is 0.347 e. The van der Waals surface area contributed by atoms with Crippen LogP contribution in [0.25, 0.3) is 0 Å². The van der Waals surface area contributed by atoms with Crippen molar-refractivity contribution in [3.63, 3.8) is 0 Å². The molecular formula is C16H15BrO3. The number of para-hydroxylation sites is 1. The van der Waals surface area contributed by atoms with Gasteiger partial charge in [-0.1, -0.05) is 28.1 Å². The Morgan fingerprint density at radius 2 is 1.70 bits per heavy atom. The number of carbonyl (C=O) groups is 1. The van der Waals surface area contributed by atoms with E-state index in [-0.39, 0.29) is 0 Å². The summed E-state index contributed by atoms with van der Waals surface area (Å²) >= 11 is 3.42. The van der Waals surface area contributed by atoms with Crippen molar-refractivity contribution in [3.05, 3.63) is 57.6 Å². The van der Waals surface area contributed by atoms with E-state index in [1.165, 1.54) is 7.11 Å². The molecule has 0 aliphatic rings. The lowest BCUT2D eigenvalue weighted by Crippen LogP contribution is -2.11. The molecule has 0 atom stereocenters. The summed E-state index contributed by atoms with van der Waals surface area (Å²) in [6, 6.07) is 10.8. The Balaban J connectivity index is 2.33. The van der Waals surface area contributed by atoms with Crippen LogP contribution in [0.3, 0.4) is 0 Å². The van der Waals surface area contributed by atoms with Crippen LogP contribution in [0.4, 0.5) is 0 Å². The van der Waals surface area contributed by atoms with Crippen LogP contribution in [0.2, 0.25) is 0 Å². The molecule has 0 fully saturated rings. The number of rotatable bonds is 3. The fourth-order valence-corrected chi connectivity index (χ4v) is 2.71. The highest BCUT2D eigenvalue weighted by atomic mass is 79.9. The van der Waals surface area contributed by atoms with Crippen molar-refractivity contribution in [1.29, 1.82) is 0 Å². The fraction of sp³-hybridized carbons (Fsp3) is 0.188. The Morgan fingerprint density at radius 1 is 1.10 bits per heavy atom. The van der Waals surface area contributed by atoms with Gasteiger partial charge in [0.05, 0.1) is 7.11 Å². The van der Waals surface area contributed by atoms with Gasteiger partial charge in [-0.05, 0) is 49.2 Å². The highest BCUT2D eigenvalue weighted by Gasteiger charge is 2.16. The van der Waals surface area contributed by atoms with Crippen LogP contribution in [-0.2, 0) is 0 Å². The lowest BCUT2D eigenvalue weighted by molar-refractivity contribution is 0.0729. The van der Waals surface area contributed by atoms with E-state index in [1.54, 1.807) is 18.2 Å². The van der Waals surface area contributed by atoms with Gasteiger partial charge >= 0.3 is 5.97 Å². The monoisotopic (exact) mass is 334 g/mol. The third-order valence-electron chi connectivity index (χ3n) is 2.95. The van der Waals surface area contributed by atoms with Crippen LogP contribution in [0.1, 0.15) is 21.5 Å². The summed E-state index contributed by atoms with van der Waals surface area (Å²) < 4.78 is 11.7. The van der Waals surface area contributed by atoms with Gasteiger partial charge in [-0.25, -0.2) is 4.79 Å². The molecular weight excluding hydrogens is 320 g/mol. The summed E-state index contributed by atoms with van der Waals surface area (Å²) in [6.45, 7) is 3.81. The molecule has 2 aromatic carbocycles. The zero-order chi connectivity index (χ0) is 14.7. The molecule has 2 rings (SSSR count). The normalized spacial score (nSPS) is 10.2. The second-order valence-electron chi connectivity index (χ2n) is 4.46. The van der Waals surface area contributed by atoms with Crippen molar-refractivity contribution >= 4 is 21.9 Å². The maximum absolute atomic E-state index is 12.3. The average molecular weight is 335 g/mol. The van der Waals surface area contributed by atoms with E-state index >= 15 is 0 Å². The number of halogens is 1. The summed E-state index contributed by atoms with van der Waals surface area (Å²) in [5, 5.41) is 0. The van der Waals surface area contributed by atoms with Crippen molar-refractivity contribution in [1.82, 2.24) is 0 Å². The minimum Gasteiger partial charge on any atom is -0.496 e. The maximum atomic E-state index is 12.3. The number of hydrogen-bond donors (Lipinski definition) is 0. The van der Waals surface area contributed by atoms with Crippen molar-refractivity contribution in [2.45, 2.75) is 13.8 Å². The first-order chi connectivity index (χ1) is 9.52. The molecule has 0 heterocycles. The molecule has 0 saturated carbocycles. The molecule has 0 aromatic heterocycles. The summed E-state index contributed by atoms with van der Waals surface area (Å²) in [5.41, 5.74) is 2.22. The largest absolute Gasteiger partial charge is 0.496 e. The quantitative estimate of drug-likeness (QED) is 0.620. The number of hydrogen-bond acceptors (Lipinski definition) is 3. The SMILES string of the molecule is COc1ccccc1C(=O)Oc1c(C)cc(Br)cc1C. The second kappa shape index (κ2) is 6.09. The lowest BCUT2D eigenvalue weighted by Gasteiger charge is -2.12. The third-order valence-corrected chi connectivity index (χ3v) is 3.40. The predicted octanol–water partition coefficient (Wildman–Crippen LogP) is 4.29. The van der Waals surface area contributed by atoms with Crippen LogP contribution < -0.4 is 9.47 Å². The minimum atomic E-state index is -0.420. The molecule has 0 radical (unpaired) electrons. The van der Waals surface area contributed by atoms with E-state index in [0.29, 0.717) is 17.1 Å². The van der Waals surface area contributed by atoms with Crippen LogP contribution in [0.5, 0.6) is 11.5 Å². The van der Waals surface area contributed by atoms with E-state index < -0.39 is 5.97 Å². The number of ether oxygens (including phenoxy) is 2. The molecule has 3 nitrogen and oxygen atoms in total. The van der Waals surface area contributed by atoms with Gasteiger partial charge < -0.3 is 9.47 Å². The van der Waals surface area contributed by atoms with Gasteiger partial charge in [-0.15, -0.1) is 0 Å². The van der Waals surface area contributed by atoms with Crippen molar-refractivity contribution in [2.75, 3.05) is 7.11 Å². The molecule has 0 aliphatic carbocycles. The number of benzene rings is 2. The third kappa shape index (κ3) is 3.02. The Morgan fingerprint density at radius 3 is 2.30 bits per heavy atom. The van der Waals surface area contributed by atoms with Gasteiger partial charge in [-0.3, -0.25) is 0 Å². The van der Waals surface area contributed by atoms with Gasteiger partial charge in [0.1, 0.15) is 17.1 Å². The smallest absolute Gasteiger partial charge is 0.347 e. The van der Waals surface area contributed by atoms with Gasteiger partial charge in [-0.2, -0.15) is 0 Å². The second-order valence-corrected chi connectivity index (χ2v) is 5.37. The topological polar surface area (TPSA) is 35.5 Å². The highest BCUT2D eigenvalue weighted by molar-refractivity contribution is 9.10. The summed E-state index contributed by atoms with van der Waals surface area (Å²) in [7, 11) is 1.53. The average Bonchev–Trinajstić information content (AvgIpc) is 2.42. The standard InChI is InChI=1S/C16H15BrO3/c1-10-8-12(17)9-11(2)15(10)20-16(18)13-6-4-5-7-14(13)19-3/h4-9H,1-3H3. The zero-order valence-electron chi connectivity index (χ0n) is 11.6. The summed E-state index contributed by atoms with van der Waals surface area (Å²) in [5.74, 6) is 0.671.